The number of benzene rings is 1. The quantitative estimate of drug-likeness (QED) is 0.888. The highest BCUT2D eigenvalue weighted by atomic mass is 19.4. The first kappa shape index (κ1) is 16.0. The van der Waals surface area contributed by atoms with Crippen LogP contribution in [0.2, 0.25) is 0 Å². The molecule has 2 amide bonds. The Hall–Kier alpha value is -2.05. The number of carbonyl (C=O) groups is 2. The van der Waals surface area contributed by atoms with E-state index >= 15 is 0 Å². The molecule has 0 saturated carbocycles. The van der Waals surface area contributed by atoms with Gasteiger partial charge in [0, 0.05) is 13.5 Å². The van der Waals surface area contributed by atoms with Gasteiger partial charge in [-0.25, -0.2) is 0 Å². The van der Waals surface area contributed by atoms with Crippen molar-refractivity contribution in [3.05, 3.63) is 35.4 Å². The van der Waals surface area contributed by atoms with Crippen molar-refractivity contribution in [1.82, 2.24) is 10.6 Å². The predicted octanol–water partition coefficient (Wildman–Crippen LogP) is 1.85. The van der Waals surface area contributed by atoms with Crippen LogP contribution in [0.3, 0.4) is 0 Å². The number of nitrogens with one attached hydrogen (secondary N) is 2. The van der Waals surface area contributed by atoms with Gasteiger partial charge in [0.05, 0.1) is 5.56 Å². The standard InChI is InChI=1S/C13H15F3N2O2/c1-8(18-9(2)19)12(20)17-7-10-4-3-5-11(6-10)13(14,15)16/h3-6,8H,7H2,1-2H3,(H,17,20)(H,18,19)/t8-/m0/s1. The van der Waals surface area contributed by atoms with Gasteiger partial charge in [0.25, 0.3) is 0 Å². The number of carbonyl (C=O) groups excluding carboxylic acids is 2. The number of halogens is 3. The van der Waals surface area contributed by atoms with Crippen molar-refractivity contribution in [1.29, 1.82) is 0 Å². The summed E-state index contributed by atoms with van der Waals surface area (Å²) in [6, 6.07) is 3.97. The van der Waals surface area contributed by atoms with E-state index in [9.17, 15) is 22.8 Å². The summed E-state index contributed by atoms with van der Waals surface area (Å²) in [5.74, 6) is -0.815. The molecule has 2 N–H and O–H groups in total. The number of hydrogen-bond donors (Lipinski definition) is 2. The fourth-order valence-corrected chi connectivity index (χ4v) is 1.57. The summed E-state index contributed by atoms with van der Waals surface area (Å²) in [5, 5.41) is 4.85. The lowest BCUT2D eigenvalue weighted by molar-refractivity contribution is -0.137. The first-order valence-corrected chi connectivity index (χ1v) is 5.91. The molecule has 1 aromatic rings. The molecule has 0 saturated heterocycles. The zero-order chi connectivity index (χ0) is 15.3. The second kappa shape index (κ2) is 6.40. The Morgan fingerprint density at radius 3 is 2.50 bits per heavy atom. The van der Waals surface area contributed by atoms with Gasteiger partial charge in [-0.3, -0.25) is 9.59 Å². The van der Waals surface area contributed by atoms with Crippen molar-refractivity contribution in [2.24, 2.45) is 0 Å². The molecule has 4 nitrogen and oxygen atoms in total. The van der Waals surface area contributed by atoms with Crippen molar-refractivity contribution in [3.63, 3.8) is 0 Å². The number of alkyl halides is 3. The van der Waals surface area contributed by atoms with Gasteiger partial charge < -0.3 is 10.6 Å². The largest absolute Gasteiger partial charge is 0.416 e. The Morgan fingerprint density at radius 2 is 1.95 bits per heavy atom. The summed E-state index contributed by atoms with van der Waals surface area (Å²) in [4.78, 5) is 22.4. The molecule has 0 bridgehead atoms. The van der Waals surface area contributed by atoms with Crippen molar-refractivity contribution in [2.75, 3.05) is 0 Å². The number of amides is 2. The highest BCUT2D eigenvalue weighted by Crippen LogP contribution is 2.29. The van der Waals surface area contributed by atoms with Crippen molar-refractivity contribution in [3.8, 4) is 0 Å². The van der Waals surface area contributed by atoms with Crippen LogP contribution in [0.5, 0.6) is 0 Å². The van der Waals surface area contributed by atoms with E-state index in [1.165, 1.54) is 26.0 Å². The highest BCUT2D eigenvalue weighted by Gasteiger charge is 2.30. The Morgan fingerprint density at radius 1 is 1.30 bits per heavy atom. The lowest BCUT2D eigenvalue weighted by Crippen LogP contribution is -2.43. The maximum Gasteiger partial charge on any atom is 0.416 e. The van der Waals surface area contributed by atoms with Crippen LogP contribution in [0.15, 0.2) is 24.3 Å². The minimum absolute atomic E-state index is 0.0350. The van der Waals surface area contributed by atoms with Crippen LogP contribution in [0.25, 0.3) is 0 Å². The Labute approximate surface area is 114 Å². The van der Waals surface area contributed by atoms with Crippen molar-refractivity contribution >= 4 is 11.8 Å². The molecular formula is C13H15F3N2O2. The van der Waals surface area contributed by atoms with E-state index in [-0.39, 0.29) is 12.5 Å². The molecule has 0 unspecified atom stereocenters. The summed E-state index contributed by atoms with van der Waals surface area (Å²) >= 11 is 0. The zero-order valence-electron chi connectivity index (χ0n) is 11.0. The highest BCUT2D eigenvalue weighted by molar-refractivity contribution is 5.86. The summed E-state index contributed by atoms with van der Waals surface area (Å²) in [6.45, 7) is 2.73. The average molecular weight is 288 g/mol. The van der Waals surface area contributed by atoms with Gasteiger partial charge >= 0.3 is 6.18 Å². The van der Waals surface area contributed by atoms with E-state index in [0.29, 0.717) is 5.56 Å². The number of rotatable bonds is 4. The Bertz CT molecular complexity index is 501. The van der Waals surface area contributed by atoms with Crippen LogP contribution < -0.4 is 10.6 Å². The molecule has 0 spiro atoms. The van der Waals surface area contributed by atoms with E-state index in [0.717, 1.165) is 12.1 Å². The first-order chi connectivity index (χ1) is 9.20. The minimum Gasteiger partial charge on any atom is -0.350 e. The molecule has 1 aromatic carbocycles. The van der Waals surface area contributed by atoms with Gasteiger partial charge in [-0.1, -0.05) is 12.1 Å². The maximum atomic E-state index is 12.5. The van der Waals surface area contributed by atoms with Gasteiger partial charge in [0.2, 0.25) is 11.8 Å². The molecule has 110 valence electrons. The molecule has 0 aromatic heterocycles. The topological polar surface area (TPSA) is 58.2 Å². The molecule has 0 aliphatic heterocycles. The second-order valence-electron chi connectivity index (χ2n) is 4.34. The summed E-state index contributed by atoms with van der Waals surface area (Å²) in [5.41, 5.74) is -0.428. The van der Waals surface area contributed by atoms with E-state index in [1.807, 2.05) is 0 Å². The third kappa shape index (κ3) is 4.91. The summed E-state index contributed by atoms with van der Waals surface area (Å²) in [6.07, 6.45) is -4.41. The summed E-state index contributed by atoms with van der Waals surface area (Å²) in [7, 11) is 0. The van der Waals surface area contributed by atoms with Gasteiger partial charge in [-0.2, -0.15) is 13.2 Å². The molecule has 0 heterocycles. The van der Waals surface area contributed by atoms with Crippen LogP contribution >= 0.6 is 0 Å². The van der Waals surface area contributed by atoms with Gasteiger partial charge in [-0.05, 0) is 24.6 Å². The van der Waals surface area contributed by atoms with Crippen molar-refractivity contribution < 1.29 is 22.8 Å². The second-order valence-corrected chi connectivity index (χ2v) is 4.34. The van der Waals surface area contributed by atoms with E-state index < -0.39 is 23.7 Å². The van der Waals surface area contributed by atoms with Crippen LogP contribution in [0.4, 0.5) is 13.2 Å². The molecule has 0 radical (unpaired) electrons. The number of hydrogen-bond acceptors (Lipinski definition) is 2. The van der Waals surface area contributed by atoms with E-state index in [4.69, 9.17) is 0 Å². The van der Waals surface area contributed by atoms with Crippen molar-refractivity contribution in [2.45, 2.75) is 32.6 Å². The Kier molecular flexibility index (Phi) is 5.12. The lowest BCUT2D eigenvalue weighted by atomic mass is 10.1. The van der Waals surface area contributed by atoms with Gasteiger partial charge in [0.15, 0.2) is 0 Å². The third-order valence-corrected chi connectivity index (χ3v) is 2.53. The minimum atomic E-state index is -4.41. The van der Waals surface area contributed by atoms with Crippen LogP contribution in [0, 0.1) is 0 Å². The van der Waals surface area contributed by atoms with Crippen LogP contribution in [-0.4, -0.2) is 17.9 Å². The average Bonchev–Trinajstić information content (AvgIpc) is 2.34. The first-order valence-electron chi connectivity index (χ1n) is 5.91. The van der Waals surface area contributed by atoms with E-state index in [1.54, 1.807) is 0 Å². The predicted molar refractivity (Wildman–Crippen MR) is 66.6 cm³/mol. The summed E-state index contributed by atoms with van der Waals surface area (Å²) < 4.78 is 37.5. The fraction of sp³-hybridized carbons (Fsp3) is 0.385. The van der Waals surface area contributed by atoms with Gasteiger partial charge in [0.1, 0.15) is 6.04 Å². The zero-order valence-corrected chi connectivity index (χ0v) is 11.0. The molecule has 0 fully saturated rings. The van der Waals surface area contributed by atoms with E-state index in [2.05, 4.69) is 10.6 Å². The van der Waals surface area contributed by atoms with Crippen LogP contribution in [-0.2, 0) is 22.3 Å². The molecule has 1 rings (SSSR count). The maximum absolute atomic E-state index is 12.5. The Balaban J connectivity index is 2.62. The molecule has 20 heavy (non-hydrogen) atoms. The normalized spacial score (nSPS) is 12.7. The van der Waals surface area contributed by atoms with Crippen LogP contribution in [0.1, 0.15) is 25.0 Å². The molecule has 0 aliphatic rings. The molecule has 1 atom stereocenters. The molecular weight excluding hydrogens is 273 g/mol. The third-order valence-electron chi connectivity index (χ3n) is 2.53. The molecule has 0 aliphatic carbocycles. The fourth-order valence-electron chi connectivity index (χ4n) is 1.57. The lowest BCUT2D eigenvalue weighted by Gasteiger charge is -2.13. The van der Waals surface area contributed by atoms with Gasteiger partial charge in [-0.15, -0.1) is 0 Å². The molecule has 7 heteroatoms. The SMILES string of the molecule is CC(=O)N[C@@H](C)C(=O)NCc1cccc(C(F)(F)F)c1. The monoisotopic (exact) mass is 288 g/mol. The smallest absolute Gasteiger partial charge is 0.350 e.